The number of hydrogen-bond donors (Lipinski definition) is 2. The number of carbonyl (C=O) groups excluding carboxylic acids is 1. The summed E-state index contributed by atoms with van der Waals surface area (Å²) >= 11 is 0. The summed E-state index contributed by atoms with van der Waals surface area (Å²) < 4.78 is 46.4. The zero-order valence-electron chi connectivity index (χ0n) is 22.5. The van der Waals surface area contributed by atoms with Gasteiger partial charge in [0, 0.05) is 18.7 Å². The van der Waals surface area contributed by atoms with Gasteiger partial charge in [0.05, 0.1) is 22.3 Å². The van der Waals surface area contributed by atoms with Crippen molar-refractivity contribution in [3.63, 3.8) is 0 Å². The second kappa shape index (κ2) is 11.2. The maximum atomic E-state index is 13.7. The predicted octanol–water partition coefficient (Wildman–Crippen LogP) is 6.32. The second-order valence-corrected chi connectivity index (χ2v) is 10.4. The maximum absolute atomic E-state index is 13.7. The number of hydrogen-bond acceptors (Lipinski definition) is 4. The molecule has 5 aromatic rings. The third-order valence-corrected chi connectivity index (χ3v) is 7.65. The molecule has 216 valence electrons. The number of H-pyrrole nitrogens is 2. The van der Waals surface area contributed by atoms with Gasteiger partial charge in [-0.25, -0.2) is 9.78 Å². The highest BCUT2D eigenvalue weighted by Gasteiger charge is 2.31. The van der Waals surface area contributed by atoms with E-state index in [0.29, 0.717) is 54.7 Å². The molecule has 2 N–H and O–H groups in total. The van der Waals surface area contributed by atoms with Crippen LogP contribution >= 0.6 is 0 Å². The van der Waals surface area contributed by atoms with Crippen LogP contribution in [0.3, 0.4) is 0 Å². The van der Waals surface area contributed by atoms with Crippen molar-refractivity contribution in [3.05, 3.63) is 106 Å². The lowest BCUT2D eigenvalue weighted by Crippen LogP contribution is -2.39. The van der Waals surface area contributed by atoms with Crippen LogP contribution in [0.2, 0.25) is 0 Å². The number of imidazole rings is 1. The average molecular weight is 576 g/mol. The van der Waals surface area contributed by atoms with Crippen molar-refractivity contribution in [2.24, 2.45) is 5.92 Å². The summed E-state index contributed by atoms with van der Waals surface area (Å²) in [5.74, 6) is 0.376. The van der Waals surface area contributed by atoms with Crippen molar-refractivity contribution < 1.29 is 22.7 Å². The molecule has 0 radical (unpaired) electrons. The fourth-order valence-electron chi connectivity index (χ4n) is 5.34. The molecule has 0 spiro atoms. The number of alkyl halides is 3. The van der Waals surface area contributed by atoms with Crippen LogP contribution in [-0.4, -0.2) is 43.8 Å². The van der Waals surface area contributed by atoms with Gasteiger partial charge in [-0.2, -0.15) is 17.9 Å². The van der Waals surface area contributed by atoms with Crippen LogP contribution in [0.5, 0.6) is 0 Å². The van der Waals surface area contributed by atoms with Gasteiger partial charge in [-0.15, -0.1) is 0 Å². The van der Waals surface area contributed by atoms with Gasteiger partial charge in [-0.1, -0.05) is 54.6 Å². The number of para-hydroxylation sites is 2. The molecule has 1 aliphatic rings. The number of aromatic amines is 2. The lowest BCUT2D eigenvalue weighted by Gasteiger charge is -2.31. The molecule has 0 bridgehead atoms. The van der Waals surface area contributed by atoms with Gasteiger partial charge in [-0.05, 0) is 60.6 Å². The minimum Gasteiger partial charge on any atom is -0.445 e. The average Bonchev–Trinajstić information content (AvgIpc) is 3.57. The van der Waals surface area contributed by atoms with Crippen LogP contribution < -0.4 is 5.56 Å². The largest absolute Gasteiger partial charge is 0.445 e. The van der Waals surface area contributed by atoms with Crippen LogP contribution in [0.15, 0.2) is 83.7 Å². The standard InChI is InChI=1S/C31H28F3N5O3/c32-31(33,34)23-12-10-22(11-13-23)27-24(28(40)39(37-27)29-35-25-8-4-5-9-26(25)36-29)18-20-14-16-38(17-15-20)30(41)42-19-21-6-2-1-3-7-21/h1-13,20,37H,14-19H2,(H,35,36). The molecule has 0 aliphatic carbocycles. The predicted molar refractivity (Wildman–Crippen MR) is 151 cm³/mol. The van der Waals surface area contributed by atoms with E-state index < -0.39 is 11.7 Å². The number of aromatic nitrogens is 4. The van der Waals surface area contributed by atoms with Gasteiger partial charge in [0.25, 0.3) is 5.56 Å². The molecule has 0 unspecified atom stereocenters. The first kappa shape index (κ1) is 27.4. The van der Waals surface area contributed by atoms with E-state index in [4.69, 9.17) is 4.74 Å². The molecule has 2 aromatic heterocycles. The van der Waals surface area contributed by atoms with Crippen LogP contribution in [0.25, 0.3) is 28.2 Å². The summed E-state index contributed by atoms with van der Waals surface area (Å²) in [5.41, 5.74) is 2.61. The van der Waals surface area contributed by atoms with Crippen molar-refractivity contribution >= 4 is 17.1 Å². The third kappa shape index (κ3) is 5.67. The SMILES string of the molecule is O=C(OCc1ccccc1)N1CCC(Cc2c(-c3ccc(C(F)(F)F)cc3)[nH]n(-c3nc4ccccc4[nH]3)c2=O)CC1. The number of carbonyl (C=O) groups is 1. The number of piperidine rings is 1. The highest BCUT2D eigenvalue weighted by atomic mass is 19.4. The van der Waals surface area contributed by atoms with Gasteiger partial charge in [0.2, 0.25) is 5.95 Å². The van der Waals surface area contributed by atoms with E-state index in [9.17, 15) is 22.8 Å². The molecule has 1 saturated heterocycles. The number of nitrogens with zero attached hydrogens (tertiary/aromatic N) is 3. The van der Waals surface area contributed by atoms with Crippen molar-refractivity contribution in [3.8, 4) is 17.2 Å². The van der Waals surface area contributed by atoms with Crippen molar-refractivity contribution in [1.82, 2.24) is 24.6 Å². The number of halogens is 3. The van der Waals surface area contributed by atoms with Crippen molar-refractivity contribution in [2.45, 2.75) is 32.0 Å². The van der Waals surface area contributed by atoms with E-state index in [1.807, 2.05) is 54.6 Å². The van der Waals surface area contributed by atoms with Crippen LogP contribution in [0, 0.1) is 5.92 Å². The number of benzene rings is 3. The zero-order valence-corrected chi connectivity index (χ0v) is 22.5. The minimum absolute atomic E-state index is 0.0870. The Hall–Kier alpha value is -4.80. The van der Waals surface area contributed by atoms with Gasteiger partial charge in [0.1, 0.15) is 6.61 Å². The molecule has 1 aliphatic heterocycles. The third-order valence-electron chi connectivity index (χ3n) is 7.65. The monoisotopic (exact) mass is 575 g/mol. The molecule has 11 heteroatoms. The Kier molecular flexibility index (Phi) is 7.32. The first-order chi connectivity index (χ1) is 20.3. The normalized spacial score (nSPS) is 14.4. The molecule has 6 rings (SSSR count). The first-order valence-electron chi connectivity index (χ1n) is 13.7. The molecule has 8 nitrogen and oxygen atoms in total. The summed E-state index contributed by atoms with van der Waals surface area (Å²) in [7, 11) is 0. The summed E-state index contributed by atoms with van der Waals surface area (Å²) in [6, 6.07) is 21.6. The fourth-order valence-corrected chi connectivity index (χ4v) is 5.34. The Labute approximate surface area is 238 Å². The van der Waals surface area contributed by atoms with E-state index in [1.54, 1.807) is 4.90 Å². The zero-order chi connectivity index (χ0) is 29.3. The Morgan fingerprint density at radius 1 is 0.952 bits per heavy atom. The van der Waals surface area contributed by atoms with Gasteiger partial charge >= 0.3 is 12.3 Å². The highest BCUT2D eigenvalue weighted by Crippen LogP contribution is 2.32. The van der Waals surface area contributed by atoms with Gasteiger partial charge in [-0.3, -0.25) is 9.89 Å². The van der Waals surface area contributed by atoms with Crippen LogP contribution in [0.1, 0.15) is 29.5 Å². The summed E-state index contributed by atoms with van der Waals surface area (Å²) in [4.78, 5) is 35.7. The number of ether oxygens (including phenoxy) is 1. The van der Waals surface area contributed by atoms with E-state index in [1.165, 1.54) is 16.8 Å². The van der Waals surface area contributed by atoms with Crippen molar-refractivity contribution in [1.29, 1.82) is 0 Å². The lowest BCUT2D eigenvalue weighted by atomic mass is 9.89. The Bertz CT molecular complexity index is 1720. The summed E-state index contributed by atoms with van der Waals surface area (Å²) in [6.07, 6.45) is -3.14. The maximum Gasteiger partial charge on any atom is 0.416 e. The topological polar surface area (TPSA) is 96.0 Å². The number of nitrogens with one attached hydrogen (secondary N) is 2. The molecule has 42 heavy (non-hydrogen) atoms. The van der Waals surface area contributed by atoms with E-state index >= 15 is 0 Å². The lowest BCUT2D eigenvalue weighted by molar-refractivity contribution is -0.137. The van der Waals surface area contributed by atoms with E-state index in [2.05, 4.69) is 15.1 Å². The second-order valence-electron chi connectivity index (χ2n) is 10.4. The molecular formula is C31H28F3N5O3. The Balaban J connectivity index is 1.23. The van der Waals surface area contributed by atoms with Gasteiger partial charge in [0.15, 0.2) is 0 Å². The fraction of sp³-hybridized carbons (Fsp3) is 0.258. The summed E-state index contributed by atoms with van der Waals surface area (Å²) in [6.45, 7) is 1.16. The molecule has 3 aromatic carbocycles. The number of fused-ring (bicyclic) bond motifs is 1. The molecule has 0 saturated carbocycles. The van der Waals surface area contributed by atoms with Gasteiger partial charge < -0.3 is 14.6 Å². The first-order valence-corrected chi connectivity index (χ1v) is 13.7. The van der Waals surface area contributed by atoms with Crippen LogP contribution in [-0.2, 0) is 23.9 Å². The molecule has 3 heterocycles. The molecule has 0 atom stereocenters. The number of amides is 1. The summed E-state index contributed by atoms with van der Waals surface area (Å²) in [5, 5.41) is 3.10. The number of likely N-dealkylation sites (tertiary alicyclic amines) is 1. The highest BCUT2D eigenvalue weighted by molar-refractivity contribution is 5.76. The van der Waals surface area contributed by atoms with E-state index in [0.717, 1.165) is 23.2 Å². The number of rotatable bonds is 6. The Morgan fingerprint density at radius 2 is 1.64 bits per heavy atom. The van der Waals surface area contributed by atoms with Crippen LogP contribution in [0.4, 0.5) is 18.0 Å². The van der Waals surface area contributed by atoms with Crippen molar-refractivity contribution in [2.75, 3.05) is 13.1 Å². The molecular weight excluding hydrogens is 547 g/mol. The molecule has 1 fully saturated rings. The van der Waals surface area contributed by atoms with E-state index in [-0.39, 0.29) is 30.1 Å². The smallest absolute Gasteiger partial charge is 0.416 e. The Morgan fingerprint density at radius 3 is 2.33 bits per heavy atom. The quantitative estimate of drug-likeness (QED) is 0.248. The molecule has 1 amide bonds. The minimum atomic E-state index is -4.47.